The summed E-state index contributed by atoms with van der Waals surface area (Å²) in [5.41, 5.74) is 0.750. The molecule has 1 aliphatic heterocycles. The maximum atomic E-state index is 12.6. The summed E-state index contributed by atoms with van der Waals surface area (Å²) in [7, 11) is 0. The number of rotatable bonds is 4. The van der Waals surface area contributed by atoms with Crippen LogP contribution in [-0.4, -0.2) is 47.2 Å². The Morgan fingerprint density at radius 3 is 2.71 bits per heavy atom. The fraction of sp³-hybridized carbons (Fsp3) is 0.182. The van der Waals surface area contributed by atoms with E-state index >= 15 is 0 Å². The zero-order chi connectivity index (χ0) is 21.2. The van der Waals surface area contributed by atoms with E-state index < -0.39 is 0 Å². The first-order valence-electron chi connectivity index (χ1n) is 9.79. The number of carbonyl (C=O) groups is 1. The Kier molecular flexibility index (Phi) is 5.35. The Hall–Kier alpha value is -3.30. The maximum absolute atomic E-state index is 12.6. The summed E-state index contributed by atoms with van der Waals surface area (Å²) in [6, 6.07) is 11.1. The van der Waals surface area contributed by atoms with E-state index in [1.165, 1.54) is 18.4 Å². The van der Waals surface area contributed by atoms with E-state index in [2.05, 4.69) is 15.1 Å². The van der Waals surface area contributed by atoms with Gasteiger partial charge in [0.2, 0.25) is 11.0 Å². The fourth-order valence-corrected chi connectivity index (χ4v) is 5.12. The second kappa shape index (κ2) is 8.44. The van der Waals surface area contributed by atoms with Crippen LogP contribution in [0.15, 0.2) is 63.3 Å². The summed E-state index contributed by atoms with van der Waals surface area (Å²) in [5.74, 6) is -0.122. The number of para-hydroxylation sites is 1. The maximum Gasteiger partial charge on any atom is 0.246 e. The molecule has 0 aliphatic carbocycles. The monoisotopic (exact) mass is 450 g/mol. The van der Waals surface area contributed by atoms with Crippen molar-refractivity contribution in [1.29, 1.82) is 0 Å². The van der Waals surface area contributed by atoms with Gasteiger partial charge >= 0.3 is 0 Å². The number of hydrogen-bond acceptors (Lipinski definition) is 8. The van der Waals surface area contributed by atoms with E-state index in [4.69, 9.17) is 4.42 Å². The van der Waals surface area contributed by atoms with Gasteiger partial charge in [-0.25, -0.2) is 0 Å². The first-order valence-corrected chi connectivity index (χ1v) is 11.5. The molecule has 1 saturated heterocycles. The van der Waals surface area contributed by atoms with Gasteiger partial charge in [0.15, 0.2) is 10.4 Å². The van der Waals surface area contributed by atoms with Crippen molar-refractivity contribution in [2.75, 3.05) is 31.1 Å². The molecule has 1 fully saturated rings. The van der Waals surface area contributed by atoms with E-state index in [-0.39, 0.29) is 11.3 Å². The molecular weight excluding hydrogens is 432 g/mol. The second-order valence-corrected chi connectivity index (χ2v) is 8.93. The number of amides is 1. The lowest BCUT2D eigenvalue weighted by molar-refractivity contribution is -0.126. The van der Waals surface area contributed by atoms with Crippen molar-refractivity contribution in [3.63, 3.8) is 0 Å². The van der Waals surface area contributed by atoms with Crippen LogP contribution in [0.4, 0.5) is 5.13 Å². The highest BCUT2D eigenvalue weighted by Gasteiger charge is 2.22. The molecule has 0 radical (unpaired) electrons. The van der Waals surface area contributed by atoms with Crippen LogP contribution in [0.25, 0.3) is 26.9 Å². The van der Waals surface area contributed by atoms with Crippen molar-refractivity contribution >= 4 is 50.8 Å². The third kappa shape index (κ3) is 4.01. The van der Waals surface area contributed by atoms with Crippen LogP contribution in [0.1, 0.15) is 5.56 Å². The minimum Gasteiger partial charge on any atom is -0.463 e. The lowest BCUT2D eigenvalue weighted by Crippen LogP contribution is -2.48. The molecule has 1 amide bonds. The Morgan fingerprint density at radius 1 is 1.06 bits per heavy atom. The number of piperazine rings is 1. The summed E-state index contributed by atoms with van der Waals surface area (Å²) < 4.78 is 5.50. The molecule has 9 heteroatoms. The first kappa shape index (κ1) is 19.7. The van der Waals surface area contributed by atoms with E-state index in [1.54, 1.807) is 45.8 Å². The number of fused-ring (bicyclic) bond motifs is 1. The predicted octanol–water partition coefficient (Wildman–Crippen LogP) is 3.74. The van der Waals surface area contributed by atoms with E-state index in [9.17, 15) is 9.59 Å². The molecule has 7 nitrogen and oxygen atoms in total. The number of anilines is 1. The van der Waals surface area contributed by atoms with Crippen molar-refractivity contribution in [1.82, 2.24) is 15.1 Å². The Bertz CT molecular complexity index is 1300. The highest BCUT2D eigenvalue weighted by molar-refractivity contribution is 7.22. The quantitative estimate of drug-likeness (QED) is 0.441. The Morgan fingerprint density at radius 2 is 1.90 bits per heavy atom. The number of thiophene rings is 1. The molecule has 1 aromatic carbocycles. The molecule has 5 rings (SSSR count). The van der Waals surface area contributed by atoms with Gasteiger partial charge in [-0.2, -0.15) is 0 Å². The molecule has 31 heavy (non-hydrogen) atoms. The van der Waals surface area contributed by atoms with E-state index in [0.29, 0.717) is 42.7 Å². The summed E-state index contributed by atoms with van der Waals surface area (Å²) in [5, 5.41) is 12.9. The summed E-state index contributed by atoms with van der Waals surface area (Å²) in [6.07, 6.45) is 4.37. The van der Waals surface area contributed by atoms with Gasteiger partial charge in [-0.05, 0) is 29.7 Å². The normalized spacial score (nSPS) is 14.6. The number of carbonyl (C=O) groups excluding carboxylic acids is 1. The standard InChI is InChI=1S/C22H18N4O3S2/c27-19(8-7-15-14-29-17-5-2-1-4-16(17)20(15)28)25-9-11-26(12-10-25)22-24-23-21(31-22)18-6-3-13-30-18/h1-8,13-14H,9-12H2/b8-7+. The van der Waals surface area contributed by atoms with Gasteiger partial charge < -0.3 is 14.2 Å². The fourth-order valence-electron chi connectivity index (χ4n) is 3.44. The molecule has 4 aromatic rings. The van der Waals surface area contributed by atoms with Gasteiger partial charge in [0.25, 0.3) is 0 Å². The topological polar surface area (TPSA) is 79.5 Å². The minimum atomic E-state index is -0.145. The molecule has 3 aromatic heterocycles. The molecule has 156 valence electrons. The summed E-state index contributed by atoms with van der Waals surface area (Å²) in [4.78, 5) is 30.2. The van der Waals surface area contributed by atoms with Gasteiger partial charge in [0, 0.05) is 32.3 Å². The molecule has 0 N–H and O–H groups in total. The van der Waals surface area contributed by atoms with Crippen LogP contribution in [0.2, 0.25) is 0 Å². The first-order chi connectivity index (χ1) is 15.2. The summed E-state index contributed by atoms with van der Waals surface area (Å²) >= 11 is 3.21. The summed E-state index contributed by atoms with van der Waals surface area (Å²) in [6.45, 7) is 2.56. The minimum absolute atomic E-state index is 0.122. The third-order valence-corrected chi connectivity index (χ3v) is 7.14. The van der Waals surface area contributed by atoms with Crippen LogP contribution < -0.4 is 10.3 Å². The molecule has 0 bridgehead atoms. The van der Waals surface area contributed by atoms with Gasteiger partial charge in [0.1, 0.15) is 11.8 Å². The number of nitrogens with zero attached hydrogens (tertiary/aromatic N) is 4. The lowest BCUT2D eigenvalue weighted by atomic mass is 10.1. The lowest BCUT2D eigenvalue weighted by Gasteiger charge is -2.33. The van der Waals surface area contributed by atoms with Gasteiger partial charge in [-0.3, -0.25) is 9.59 Å². The number of benzene rings is 1. The van der Waals surface area contributed by atoms with Crippen molar-refractivity contribution in [2.24, 2.45) is 0 Å². The average Bonchev–Trinajstić information content (AvgIpc) is 3.51. The third-order valence-electron chi connectivity index (χ3n) is 5.12. The number of aromatic nitrogens is 2. The molecule has 0 spiro atoms. The predicted molar refractivity (Wildman–Crippen MR) is 124 cm³/mol. The van der Waals surface area contributed by atoms with Gasteiger partial charge in [-0.1, -0.05) is 29.5 Å². The highest BCUT2D eigenvalue weighted by atomic mass is 32.1. The van der Waals surface area contributed by atoms with Gasteiger partial charge in [-0.15, -0.1) is 21.5 Å². The van der Waals surface area contributed by atoms with Crippen LogP contribution in [0, 0.1) is 0 Å². The van der Waals surface area contributed by atoms with Gasteiger partial charge in [0.05, 0.1) is 15.8 Å². The van der Waals surface area contributed by atoms with Crippen molar-refractivity contribution in [2.45, 2.75) is 0 Å². The Balaban J connectivity index is 1.22. The highest BCUT2D eigenvalue weighted by Crippen LogP contribution is 2.31. The van der Waals surface area contributed by atoms with Crippen LogP contribution in [0.3, 0.4) is 0 Å². The molecule has 4 heterocycles. The SMILES string of the molecule is O=C(/C=C/c1coc2ccccc2c1=O)N1CCN(c2nnc(-c3cccs3)s2)CC1. The van der Waals surface area contributed by atoms with Crippen molar-refractivity contribution < 1.29 is 9.21 Å². The molecular formula is C22H18N4O3S2. The van der Waals surface area contributed by atoms with Crippen LogP contribution in [0.5, 0.6) is 0 Å². The molecule has 0 atom stereocenters. The van der Waals surface area contributed by atoms with Crippen molar-refractivity contribution in [3.05, 3.63) is 69.9 Å². The largest absolute Gasteiger partial charge is 0.463 e. The second-order valence-electron chi connectivity index (χ2n) is 7.03. The Labute approximate surface area is 185 Å². The van der Waals surface area contributed by atoms with E-state index in [0.717, 1.165) is 15.0 Å². The zero-order valence-electron chi connectivity index (χ0n) is 16.4. The average molecular weight is 451 g/mol. The van der Waals surface area contributed by atoms with Crippen LogP contribution >= 0.6 is 22.7 Å². The van der Waals surface area contributed by atoms with Crippen molar-refractivity contribution in [3.8, 4) is 9.88 Å². The number of hydrogen-bond donors (Lipinski definition) is 0. The van der Waals surface area contributed by atoms with Crippen LogP contribution in [-0.2, 0) is 4.79 Å². The zero-order valence-corrected chi connectivity index (χ0v) is 18.1. The molecule has 0 saturated carbocycles. The smallest absolute Gasteiger partial charge is 0.246 e. The molecule has 1 aliphatic rings. The molecule has 0 unspecified atom stereocenters. The van der Waals surface area contributed by atoms with E-state index in [1.807, 2.05) is 23.6 Å².